The monoisotopic (exact) mass is 564 g/mol. The molecule has 0 aliphatic heterocycles. The van der Waals surface area contributed by atoms with Gasteiger partial charge in [-0.1, -0.05) is 30.4 Å². The van der Waals surface area contributed by atoms with Gasteiger partial charge in [0.1, 0.15) is 5.75 Å². The summed E-state index contributed by atoms with van der Waals surface area (Å²) in [5.74, 6) is 6.18. The molecule has 0 amide bonds. The first-order valence-corrected chi connectivity index (χ1v) is 14.7. The van der Waals surface area contributed by atoms with Crippen LogP contribution >= 0.6 is 11.3 Å². The Morgan fingerprint density at radius 1 is 1.16 bits per heavy atom. The number of carbonyl (C=O) groups excluding carboxylic acids is 1. The van der Waals surface area contributed by atoms with Crippen molar-refractivity contribution in [3.05, 3.63) is 46.8 Å². The molecule has 1 unspecified atom stereocenters. The molecule has 0 bridgehead atoms. The summed E-state index contributed by atoms with van der Waals surface area (Å²) >= 11 is 1.17. The zero-order valence-electron chi connectivity index (χ0n) is 20.9. The number of ketones is 1. The third kappa shape index (κ3) is 6.60. The molecule has 0 spiro atoms. The summed E-state index contributed by atoms with van der Waals surface area (Å²) in [6, 6.07) is 9.16. The number of ether oxygens (including phenoxy) is 1. The summed E-state index contributed by atoms with van der Waals surface area (Å²) in [4.78, 5) is 12.7. The van der Waals surface area contributed by atoms with Crippen molar-refractivity contribution in [2.75, 3.05) is 30.5 Å². The summed E-state index contributed by atoms with van der Waals surface area (Å²) in [6.07, 6.45) is -1.45. The van der Waals surface area contributed by atoms with E-state index in [1.807, 2.05) is 0 Å². The van der Waals surface area contributed by atoms with Crippen molar-refractivity contribution < 1.29 is 31.1 Å². The van der Waals surface area contributed by atoms with E-state index in [1.165, 1.54) is 30.6 Å². The number of thiophene rings is 1. The Hall–Kier alpha value is -3.23. The number of hydrogen-bond donors (Lipinski definition) is 2. The molecule has 1 heterocycles. The molecule has 1 aliphatic carbocycles. The molecule has 2 aromatic carbocycles. The second kappa shape index (κ2) is 11.3. The molecule has 0 saturated heterocycles. The van der Waals surface area contributed by atoms with E-state index in [9.17, 15) is 26.4 Å². The van der Waals surface area contributed by atoms with Crippen molar-refractivity contribution in [1.29, 1.82) is 0 Å². The molecular formula is C27H27F3N2O4S2. The van der Waals surface area contributed by atoms with Crippen LogP contribution in [0.15, 0.2) is 41.3 Å². The maximum Gasteiger partial charge on any atom is 0.393 e. The van der Waals surface area contributed by atoms with Crippen LogP contribution < -0.4 is 15.4 Å². The average molecular weight is 565 g/mol. The van der Waals surface area contributed by atoms with E-state index in [0.717, 1.165) is 19.1 Å². The number of hydrogen-bond acceptors (Lipinski definition) is 7. The Morgan fingerprint density at radius 2 is 1.95 bits per heavy atom. The van der Waals surface area contributed by atoms with E-state index in [1.54, 1.807) is 24.3 Å². The Bertz CT molecular complexity index is 1520. The molecule has 1 atom stereocenters. The Morgan fingerprint density at radius 3 is 2.63 bits per heavy atom. The Kier molecular flexibility index (Phi) is 8.23. The van der Waals surface area contributed by atoms with Crippen LogP contribution in [0.3, 0.4) is 0 Å². The standard InChI is InChI=1S/C27H27F3N2O4S2/c1-36-24-15-17(38(2,34)35)12-13-21(24)31-14-6-11-25-19(16-27(28,29)30)18-7-5-9-22(26(18)37-25)32-20-8-3-4-10-23(20)33/h5,7,9,12-13,15,20,31-32H,3-4,8,10,14,16H2,1-2H3. The molecule has 1 saturated carbocycles. The highest BCUT2D eigenvalue weighted by atomic mass is 32.2. The third-order valence-corrected chi connectivity index (χ3v) is 8.56. The number of alkyl halides is 3. The van der Waals surface area contributed by atoms with Crippen LogP contribution in [0.1, 0.15) is 36.1 Å². The summed E-state index contributed by atoms with van der Waals surface area (Å²) in [6.45, 7) is 0.0932. The van der Waals surface area contributed by atoms with E-state index < -0.39 is 22.4 Å². The van der Waals surface area contributed by atoms with Gasteiger partial charge in [-0.05, 0) is 42.0 Å². The van der Waals surface area contributed by atoms with Gasteiger partial charge >= 0.3 is 6.18 Å². The molecule has 38 heavy (non-hydrogen) atoms. The first-order valence-electron chi connectivity index (χ1n) is 12.0. The van der Waals surface area contributed by atoms with Gasteiger partial charge < -0.3 is 15.4 Å². The Balaban J connectivity index is 1.62. The van der Waals surface area contributed by atoms with Gasteiger partial charge in [0.15, 0.2) is 15.6 Å². The number of carbonyl (C=O) groups is 1. The predicted molar refractivity (Wildman–Crippen MR) is 144 cm³/mol. The number of benzene rings is 2. The lowest BCUT2D eigenvalue weighted by Gasteiger charge is -2.23. The fourth-order valence-corrected chi connectivity index (χ4v) is 6.20. The normalized spacial score (nSPS) is 16.1. The zero-order chi connectivity index (χ0) is 27.5. The molecule has 0 radical (unpaired) electrons. The van der Waals surface area contributed by atoms with Crippen molar-refractivity contribution in [2.24, 2.45) is 0 Å². The number of halogens is 3. The molecule has 1 aliphatic rings. The summed E-state index contributed by atoms with van der Waals surface area (Å²) in [5.41, 5.74) is 1.25. The van der Waals surface area contributed by atoms with Gasteiger partial charge in [0, 0.05) is 18.7 Å². The Labute approximate surface area is 223 Å². The van der Waals surface area contributed by atoms with Gasteiger partial charge in [-0.25, -0.2) is 8.42 Å². The van der Waals surface area contributed by atoms with Crippen molar-refractivity contribution >= 4 is 48.4 Å². The highest BCUT2D eigenvalue weighted by Gasteiger charge is 2.31. The van der Waals surface area contributed by atoms with Gasteiger partial charge in [-0.3, -0.25) is 4.79 Å². The zero-order valence-corrected chi connectivity index (χ0v) is 22.5. The summed E-state index contributed by atoms with van der Waals surface area (Å²) < 4.78 is 69.9. The highest BCUT2D eigenvalue weighted by Crippen LogP contribution is 2.39. The first kappa shape index (κ1) is 27.8. The van der Waals surface area contributed by atoms with E-state index >= 15 is 0 Å². The van der Waals surface area contributed by atoms with Crippen molar-refractivity contribution in [3.8, 4) is 17.6 Å². The van der Waals surface area contributed by atoms with Crippen LogP contribution in [-0.4, -0.2) is 46.3 Å². The topological polar surface area (TPSA) is 84.5 Å². The van der Waals surface area contributed by atoms with Crippen LogP contribution in [0.4, 0.5) is 24.5 Å². The fourth-order valence-electron chi connectivity index (χ4n) is 4.40. The maximum absolute atomic E-state index is 13.5. The molecule has 3 aromatic rings. The van der Waals surface area contributed by atoms with Crippen molar-refractivity contribution in [2.45, 2.75) is 49.2 Å². The number of fused-ring (bicyclic) bond motifs is 1. The molecular weight excluding hydrogens is 537 g/mol. The molecule has 11 heteroatoms. The third-order valence-electron chi connectivity index (χ3n) is 6.25. The largest absolute Gasteiger partial charge is 0.495 e. The molecule has 2 N–H and O–H groups in total. The number of nitrogens with one attached hydrogen (secondary N) is 2. The van der Waals surface area contributed by atoms with E-state index in [4.69, 9.17) is 4.74 Å². The lowest BCUT2D eigenvalue weighted by Crippen LogP contribution is -2.32. The van der Waals surface area contributed by atoms with Gasteiger partial charge in [0.2, 0.25) is 0 Å². The number of Topliss-reactive ketones (excluding diaryl/α,β-unsaturated/α-hetero) is 1. The lowest BCUT2D eigenvalue weighted by atomic mass is 9.94. The average Bonchev–Trinajstić information content (AvgIpc) is 3.19. The molecule has 4 rings (SSSR count). The van der Waals surface area contributed by atoms with Crippen LogP contribution in [-0.2, 0) is 21.1 Å². The van der Waals surface area contributed by atoms with E-state index in [0.29, 0.717) is 44.9 Å². The van der Waals surface area contributed by atoms with Crippen LogP contribution in [0, 0.1) is 11.8 Å². The van der Waals surface area contributed by atoms with Crippen LogP contribution in [0.25, 0.3) is 10.1 Å². The second-order valence-electron chi connectivity index (χ2n) is 9.08. The molecule has 6 nitrogen and oxygen atoms in total. The predicted octanol–water partition coefficient (Wildman–Crippen LogP) is 5.81. The van der Waals surface area contributed by atoms with Gasteiger partial charge in [-0.2, -0.15) is 13.2 Å². The highest BCUT2D eigenvalue weighted by molar-refractivity contribution is 7.90. The minimum absolute atomic E-state index is 0.0932. The minimum atomic E-state index is -4.42. The number of rotatable bonds is 7. The quantitative estimate of drug-likeness (QED) is 0.353. The molecule has 202 valence electrons. The van der Waals surface area contributed by atoms with Gasteiger partial charge in [0.25, 0.3) is 0 Å². The van der Waals surface area contributed by atoms with Gasteiger partial charge in [-0.15, -0.1) is 11.3 Å². The van der Waals surface area contributed by atoms with E-state index in [-0.39, 0.29) is 28.8 Å². The molecule has 1 aromatic heterocycles. The van der Waals surface area contributed by atoms with Crippen LogP contribution in [0.5, 0.6) is 5.75 Å². The minimum Gasteiger partial charge on any atom is -0.495 e. The molecule has 1 fully saturated rings. The number of anilines is 2. The van der Waals surface area contributed by atoms with Gasteiger partial charge in [0.05, 0.1) is 52.0 Å². The first-order chi connectivity index (χ1) is 18.0. The van der Waals surface area contributed by atoms with Crippen molar-refractivity contribution in [3.63, 3.8) is 0 Å². The summed E-state index contributed by atoms with van der Waals surface area (Å²) in [5, 5.41) is 6.75. The lowest BCUT2D eigenvalue weighted by molar-refractivity contribution is -0.127. The summed E-state index contributed by atoms with van der Waals surface area (Å²) in [7, 11) is -2.00. The maximum atomic E-state index is 13.5. The smallest absolute Gasteiger partial charge is 0.393 e. The van der Waals surface area contributed by atoms with E-state index in [2.05, 4.69) is 22.5 Å². The van der Waals surface area contributed by atoms with Crippen LogP contribution in [0.2, 0.25) is 0 Å². The number of methoxy groups -OCH3 is 1. The van der Waals surface area contributed by atoms with Crippen molar-refractivity contribution in [1.82, 2.24) is 0 Å². The number of sulfone groups is 1. The second-order valence-corrected chi connectivity index (χ2v) is 12.1. The SMILES string of the molecule is COc1cc(S(C)(=O)=O)ccc1NCC#Cc1sc2c(NC3CCCCC3=O)cccc2c1CC(F)(F)F. The fraction of sp³-hybridized carbons (Fsp3) is 0.370.